The van der Waals surface area contributed by atoms with Crippen LogP contribution in [0.15, 0.2) is 51.1 Å². The zero-order valence-corrected chi connectivity index (χ0v) is 12.6. The van der Waals surface area contributed by atoms with Gasteiger partial charge in [-0.3, -0.25) is 10.1 Å². The van der Waals surface area contributed by atoms with E-state index in [9.17, 15) is 9.59 Å². The monoisotopic (exact) mass is 328 g/mol. The van der Waals surface area contributed by atoms with Crippen molar-refractivity contribution in [3.63, 3.8) is 0 Å². The fraction of sp³-hybridized carbons (Fsp3) is 0.133. The minimum absolute atomic E-state index is 0.318. The maximum absolute atomic E-state index is 11.5. The number of para-hydroxylation sites is 2. The van der Waals surface area contributed by atoms with Gasteiger partial charge in [0.25, 0.3) is 5.91 Å². The number of amides is 3. The summed E-state index contributed by atoms with van der Waals surface area (Å²) in [5.41, 5.74) is 1.86. The Kier molecular flexibility index (Phi) is 3.30. The maximum Gasteiger partial charge on any atom is 0.322 e. The molecule has 8 heteroatoms. The Hall–Kier alpha value is -2.74. The molecule has 0 saturated carbocycles. The predicted molar refractivity (Wildman–Crippen MR) is 83.1 cm³/mol. The molecule has 3 aromatic rings. The number of aromatic nitrogens is 2. The van der Waals surface area contributed by atoms with E-state index in [1.54, 1.807) is 6.07 Å². The third-order valence-electron chi connectivity index (χ3n) is 3.47. The standard InChI is InChI=1S/C15H12N4O3S/c20-13-11(16-14(21)19-13)7-8-5-6-12(22-8)23-15-17-9-3-1-2-4-10(9)18-15/h1-6,11H,7H2,(H,17,18)(H2,16,19,20,21). The van der Waals surface area contributed by atoms with Crippen LogP contribution in [-0.2, 0) is 11.2 Å². The molecule has 1 unspecified atom stereocenters. The van der Waals surface area contributed by atoms with Crippen molar-refractivity contribution in [3.05, 3.63) is 42.2 Å². The van der Waals surface area contributed by atoms with Crippen LogP contribution in [0, 0.1) is 0 Å². The molecule has 1 aromatic carbocycles. The lowest BCUT2D eigenvalue weighted by Gasteiger charge is -2.03. The van der Waals surface area contributed by atoms with Crippen molar-refractivity contribution in [1.82, 2.24) is 20.6 Å². The van der Waals surface area contributed by atoms with Crippen molar-refractivity contribution in [2.75, 3.05) is 0 Å². The number of fused-ring (bicyclic) bond motifs is 1. The highest BCUT2D eigenvalue weighted by molar-refractivity contribution is 7.99. The molecular formula is C15H12N4O3S. The molecule has 1 saturated heterocycles. The first kappa shape index (κ1) is 13.9. The maximum atomic E-state index is 11.5. The molecule has 3 heterocycles. The molecule has 0 bridgehead atoms. The normalized spacial score (nSPS) is 17.5. The van der Waals surface area contributed by atoms with Gasteiger partial charge in [0.15, 0.2) is 10.2 Å². The summed E-state index contributed by atoms with van der Waals surface area (Å²) >= 11 is 1.37. The number of furan rings is 1. The number of H-pyrrole nitrogens is 1. The second-order valence-electron chi connectivity index (χ2n) is 5.10. The van der Waals surface area contributed by atoms with E-state index in [1.807, 2.05) is 30.3 Å². The molecular weight excluding hydrogens is 316 g/mol. The molecule has 0 aliphatic carbocycles. The number of imidazole rings is 1. The topological polar surface area (TPSA) is 100 Å². The molecule has 23 heavy (non-hydrogen) atoms. The van der Waals surface area contributed by atoms with Crippen LogP contribution >= 0.6 is 11.8 Å². The minimum Gasteiger partial charge on any atom is -0.454 e. The number of imide groups is 1. The summed E-state index contributed by atoms with van der Waals surface area (Å²) in [5.74, 6) is 0.295. The predicted octanol–water partition coefficient (Wildman–Crippen LogP) is 2.06. The van der Waals surface area contributed by atoms with Gasteiger partial charge in [-0.2, -0.15) is 0 Å². The number of urea groups is 1. The second-order valence-corrected chi connectivity index (χ2v) is 6.09. The molecule has 1 aliphatic heterocycles. The highest BCUT2D eigenvalue weighted by Crippen LogP contribution is 2.29. The number of hydrogen-bond donors (Lipinski definition) is 3. The van der Waals surface area contributed by atoms with Crippen LogP contribution in [0.4, 0.5) is 4.79 Å². The van der Waals surface area contributed by atoms with E-state index in [-0.39, 0.29) is 5.91 Å². The number of nitrogens with one attached hydrogen (secondary N) is 3. The quantitative estimate of drug-likeness (QED) is 0.637. The van der Waals surface area contributed by atoms with Crippen molar-refractivity contribution in [2.24, 2.45) is 0 Å². The number of aromatic amines is 1. The van der Waals surface area contributed by atoms with Gasteiger partial charge < -0.3 is 14.7 Å². The zero-order chi connectivity index (χ0) is 15.8. The van der Waals surface area contributed by atoms with Crippen LogP contribution in [0.1, 0.15) is 5.76 Å². The molecule has 0 radical (unpaired) electrons. The van der Waals surface area contributed by atoms with Gasteiger partial charge in [0.2, 0.25) is 0 Å². The van der Waals surface area contributed by atoms with Crippen LogP contribution in [0.2, 0.25) is 0 Å². The van der Waals surface area contributed by atoms with Crippen LogP contribution in [0.25, 0.3) is 11.0 Å². The van der Waals surface area contributed by atoms with Crippen LogP contribution in [-0.4, -0.2) is 27.9 Å². The Bertz CT molecular complexity index is 868. The first-order chi connectivity index (χ1) is 11.2. The summed E-state index contributed by atoms with van der Waals surface area (Å²) in [4.78, 5) is 30.3. The number of rotatable bonds is 4. The average Bonchev–Trinajstić information content (AvgIpc) is 3.19. The average molecular weight is 328 g/mol. The van der Waals surface area contributed by atoms with E-state index >= 15 is 0 Å². The molecule has 116 valence electrons. The number of carbonyl (C=O) groups excluding carboxylic acids is 2. The Morgan fingerprint density at radius 1 is 1.17 bits per heavy atom. The van der Waals surface area contributed by atoms with Crippen molar-refractivity contribution in [1.29, 1.82) is 0 Å². The summed E-state index contributed by atoms with van der Waals surface area (Å²) in [6.45, 7) is 0. The molecule has 1 fully saturated rings. The Labute approximate surface area is 134 Å². The summed E-state index contributed by atoms with van der Waals surface area (Å²) in [6.07, 6.45) is 0.318. The Morgan fingerprint density at radius 2 is 2.04 bits per heavy atom. The highest BCUT2D eigenvalue weighted by atomic mass is 32.2. The third kappa shape index (κ3) is 2.80. The van der Waals surface area contributed by atoms with Crippen LogP contribution in [0.5, 0.6) is 0 Å². The van der Waals surface area contributed by atoms with Gasteiger partial charge in [0, 0.05) is 6.42 Å². The van der Waals surface area contributed by atoms with Gasteiger partial charge in [-0.1, -0.05) is 12.1 Å². The van der Waals surface area contributed by atoms with Crippen molar-refractivity contribution >= 4 is 34.7 Å². The highest BCUT2D eigenvalue weighted by Gasteiger charge is 2.30. The van der Waals surface area contributed by atoms with Crippen molar-refractivity contribution < 1.29 is 14.0 Å². The Balaban J connectivity index is 1.47. The molecule has 1 aliphatic rings. The fourth-order valence-electron chi connectivity index (χ4n) is 2.40. The van der Waals surface area contributed by atoms with E-state index < -0.39 is 12.1 Å². The Morgan fingerprint density at radius 3 is 2.83 bits per heavy atom. The first-order valence-electron chi connectivity index (χ1n) is 7.00. The van der Waals surface area contributed by atoms with E-state index in [0.717, 1.165) is 16.2 Å². The zero-order valence-electron chi connectivity index (χ0n) is 11.8. The second kappa shape index (κ2) is 5.47. The van der Waals surface area contributed by atoms with Gasteiger partial charge in [-0.25, -0.2) is 9.78 Å². The lowest BCUT2D eigenvalue weighted by Crippen LogP contribution is -2.30. The van der Waals surface area contributed by atoms with Gasteiger partial charge in [0.05, 0.1) is 11.0 Å². The number of nitrogens with zero attached hydrogens (tertiary/aromatic N) is 1. The van der Waals surface area contributed by atoms with Crippen LogP contribution in [0.3, 0.4) is 0 Å². The summed E-state index contributed by atoms with van der Waals surface area (Å²) in [5, 5.41) is 6.15. The van der Waals surface area contributed by atoms with Crippen LogP contribution < -0.4 is 10.6 Å². The van der Waals surface area contributed by atoms with Gasteiger partial charge >= 0.3 is 6.03 Å². The largest absolute Gasteiger partial charge is 0.454 e. The smallest absolute Gasteiger partial charge is 0.322 e. The molecule has 2 aromatic heterocycles. The molecule has 7 nitrogen and oxygen atoms in total. The number of hydrogen-bond acceptors (Lipinski definition) is 5. The lowest BCUT2D eigenvalue weighted by atomic mass is 10.2. The number of carbonyl (C=O) groups is 2. The van der Waals surface area contributed by atoms with Gasteiger partial charge in [-0.05, 0) is 36.0 Å². The minimum atomic E-state index is -0.585. The van der Waals surface area contributed by atoms with Gasteiger partial charge in [0.1, 0.15) is 11.8 Å². The lowest BCUT2D eigenvalue weighted by molar-refractivity contribution is -0.120. The van der Waals surface area contributed by atoms with Crippen molar-refractivity contribution in [2.45, 2.75) is 22.7 Å². The van der Waals surface area contributed by atoms with Gasteiger partial charge in [-0.15, -0.1) is 0 Å². The molecule has 3 N–H and O–H groups in total. The molecule has 1 atom stereocenters. The molecule has 3 amide bonds. The molecule has 0 spiro atoms. The van der Waals surface area contributed by atoms with E-state index in [1.165, 1.54) is 11.8 Å². The van der Waals surface area contributed by atoms with E-state index in [2.05, 4.69) is 20.6 Å². The van der Waals surface area contributed by atoms with E-state index in [0.29, 0.717) is 17.3 Å². The summed E-state index contributed by atoms with van der Waals surface area (Å²) in [7, 11) is 0. The first-order valence-corrected chi connectivity index (χ1v) is 7.82. The van der Waals surface area contributed by atoms with E-state index in [4.69, 9.17) is 4.42 Å². The van der Waals surface area contributed by atoms with Crippen molar-refractivity contribution in [3.8, 4) is 0 Å². The fourth-order valence-corrected chi connectivity index (χ4v) is 3.18. The summed E-state index contributed by atoms with van der Waals surface area (Å²) in [6, 6.07) is 10.3. The summed E-state index contributed by atoms with van der Waals surface area (Å²) < 4.78 is 5.70. The third-order valence-corrected chi connectivity index (χ3v) is 4.27. The molecule has 4 rings (SSSR count). The number of benzene rings is 1. The SMILES string of the molecule is O=C1NC(=O)C(Cc2ccc(Sc3nc4ccccc4[nH]3)o2)N1.